The molecule has 1 aromatic rings. The van der Waals surface area contributed by atoms with Gasteiger partial charge in [0.2, 0.25) is 0 Å². The Labute approximate surface area is 53.8 Å². The molecule has 1 rings (SSSR count). The van der Waals surface area contributed by atoms with Crippen LogP contribution in [0.5, 0.6) is 0 Å². The third kappa shape index (κ3) is 1.06. The molecule has 2 nitrogen and oxygen atoms in total. The Morgan fingerprint density at radius 3 is 3.00 bits per heavy atom. The predicted octanol–water partition coefficient (Wildman–Crippen LogP) is 1.06. The van der Waals surface area contributed by atoms with Crippen LogP contribution in [0.3, 0.4) is 0 Å². The van der Waals surface area contributed by atoms with Crippen molar-refractivity contribution in [3.8, 4) is 6.07 Å². The standard InChI is InChI=1S/C7H5N2/c1-6-7(5-8)3-2-4-9-6/h2-3H,1H3. The van der Waals surface area contributed by atoms with E-state index in [9.17, 15) is 0 Å². The largest absolute Gasteiger partial charge is 0.250 e. The van der Waals surface area contributed by atoms with E-state index in [2.05, 4.69) is 11.2 Å². The molecular weight excluding hydrogens is 112 g/mol. The van der Waals surface area contributed by atoms with E-state index in [-0.39, 0.29) is 0 Å². The summed E-state index contributed by atoms with van der Waals surface area (Å²) in [5.41, 5.74) is 1.36. The molecule has 0 amide bonds. The first-order valence-electron chi connectivity index (χ1n) is 2.58. The zero-order chi connectivity index (χ0) is 6.69. The van der Waals surface area contributed by atoms with E-state index in [1.54, 1.807) is 19.1 Å². The van der Waals surface area contributed by atoms with Gasteiger partial charge in [-0.1, -0.05) is 0 Å². The number of pyridine rings is 1. The molecule has 1 radical (unpaired) electrons. The van der Waals surface area contributed by atoms with Gasteiger partial charge in [0.25, 0.3) is 0 Å². The van der Waals surface area contributed by atoms with Crippen molar-refractivity contribution in [2.24, 2.45) is 0 Å². The molecular formula is C7H5N2. The number of hydrogen-bond donors (Lipinski definition) is 0. The maximum absolute atomic E-state index is 8.41. The summed E-state index contributed by atoms with van der Waals surface area (Å²) in [5, 5.41) is 8.41. The topological polar surface area (TPSA) is 36.7 Å². The maximum atomic E-state index is 8.41. The normalized spacial score (nSPS) is 8.44. The Morgan fingerprint density at radius 2 is 2.56 bits per heavy atom. The summed E-state index contributed by atoms with van der Waals surface area (Å²) in [6, 6.07) is 5.34. The minimum absolute atomic E-state index is 0.619. The molecule has 0 fully saturated rings. The maximum Gasteiger partial charge on any atom is 0.101 e. The molecule has 0 saturated carbocycles. The molecule has 0 unspecified atom stereocenters. The van der Waals surface area contributed by atoms with Crippen LogP contribution in [-0.2, 0) is 0 Å². The van der Waals surface area contributed by atoms with Gasteiger partial charge in [0, 0.05) is 0 Å². The molecule has 2 heteroatoms. The van der Waals surface area contributed by atoms with Crippen LogP contribution in [0.4, 0.5) is 0 Å². The highest BCUT2D eigenvalue weighted by Crippen LogP contribution is 1.98. The van der Waals surface area contributed by atoms with Crippen LogP contribution in [-0.4, -0.2) is 4.98 Å². The average molecular weight is 117 g/mol. The highest BCUT2D eigenvalue weighted by atomic mass is 14.7. The molecule has 1 heterocycles. The van der Waals surface area contributed by atoms with Crippen molar-refractivity contribution in [3.63, 3.8) is 0 Å². The summed E-state index contributed by atoms with van der Waals surface area (Å²) in [4.78, 5) is 3.80. The van der Waals surface area contributed by atoms with E-state index >= 15 is 0 Å². The van der Waals surface area contributed by atoms with Gasteiger partial charge >= 0.3 is 0 Å². The predicted molar refractivity (Wildman–Crippen MR) is 32.5 cm³/mol. The smallest absolute Gasteiger partial charge is 0.101 e. The molecule has 0 atom stereocenters. The van der Waals surface area contributed by atoms with E-state index in [0.29, 0.717) is 5.56 Å². The van der Waals surface area contributed by atoms with Gasteiger partial charge in [-0.05, 0) is 19.1 Å². The molecule has 1 aromatic heterocycles. The highest BCUT2D eigenvalue weighted by molar-refractivity contribution is 5.30. The zero-order valence-corrected chi connectivity index (χ0v) is 5.05. The van der Waals surface area contributed by atoms with Crippen LogP contribution in [0.1, 0.15) is 11.3 Å². The van der Waals surface area contributed by atoms with E-state index in [0.717, 1.165) is 5.69 Å². The zero-order valence-electron chi connectivity index (χ0n) is 5.05. The molecule has 0 aliphatic rings. The molecule has 0 aliphatic carbocycles. The fourth-order valence-electron chi connectivity index (χ4n) is 0.554. The monoisotopic (exact) mass is 117 g/mol. The molecule has 0 spiro atoms. The van der Waals surface area contributed by atoms with Gasteiger partial charge in [0.1, 0.15) is 6.07 Å². The van der Waals surface area contributed by atoms with E-state index in [1.807, 2.05) is 6.07 Å². The van der Waals surface area contributed by atoms with Crippen molar-refractivity contribution >= 4 is 0 Å². The average Bonchev–Trinajstić information content (AvgIpc) is 1.89. The number of aryl methyl sites for hydroxylation is 1. The highest BCUT2D eigenvalue weighted by Gasteiger charge is 1.92. The fourth-order valence-corrected chi connectivity index (χ4v) is 0.554. The Morgan fingerprint density at radius 1 is 1.78 bits per heavy atom. The van der Waals surface area contributed by atoms with Crippen LogP contribution >= 0.6 is 0 Å². The van der Waals surface area contributed by atoms with Gasteiger partial charge in [0.05, 0.1) is 17.5 Å². The lowest BCUT2D eigenvalue weighted by Crippen LogP contribution is -1.83. The molecule has 0 N–H and O–H groups in total. The van der Waals surface area contributed by atoms with E-state index < -0.39 is 0 Å². The van der Waals surface area contributed by atoms with Crippen LogP contribution in [0.15, 0.2) is 12.1 Å². The van der Waals surface area contributed by atoms with Crippen molar-refractivity contribution in [3.05, 3.63) is 29.6 Å². The van der Waals surface area contributed by atoms with Crippen molar-refractivity contribution in [1.82, 2.24) is 4.98 Å². The van der Waals surface area contributed by atoms with Crippen molar-refractivity contribution < 1.29 is 0 Å². The lowest BCUT2D eigenvalue weighted by atomic mass is 10.2. The lowest BCUT2D eigenvalue weighted by Gasteiger charge is -1.89. The van der Waals surface area contributed by atoms with Gasteiger partial charge in [0.15, 0.2) is 0 Å². The quantitative estimate of drug-likeness (QED) is 0.509. The first-order chi connectivity index (χ1) is 4.34. The Bertz CT molecular complexity index is 247. The number of hydrogen-bond acceptors (Lipinski definition) is 2. The van der Waals surface area contributed by atoms with Gasteiger partial charge in [-0.2, -0.15) is 5.26 Å². The minimum Gasteiger partial charge on any atom is -0.250 e. The number of aromatic nitrogens is 1. The lowest BCUT2D eigenvalue weighted by molar-refractivity contribution is 1.17. The van der Waals surface area contributed by atoms with E-state index in [1.165, 1.54) is 0 Å². The minimum atomic E-state index is 0.619. The van der Waals surface area contributed by atoms with Gasteiger partial charge in [-0.3, -0.25) is 4.98 Å². The van der Waals surface area contributed by atoms with Gasteiger partial charge in [-0.25, -0.2) is 0 Å². The summed E-state index contributed by atoms with van der Waals surface area (Å²) < 4.78 is 0. The molecule has 0 aliphatic heterocycles. The molecule has 0 saturated heterocycles. The Hall–Kier alpha value is -1.36. The van der Waals surface area contributed by atoms with Gasteiger partial charge < -0.3 is 0 Å². The van der Waals surface area contributed by atoms with Crippen LogP contribution in [0.2, 0.25) is 0 Å². The summed E-state index contributed by atoms with van der Waals surface area (Å²) >= 11 is 0. The Kier molecular flexibility index (Phi) is 1.46. The fraction of sp³-hybridized carbons (Fsp3) is 0.143. The second-order valence-corrected chi connectivity index (χ2v) is 1.69. The van der Waals surface area contributed by atoms with Crippen molar-refractivity contribution in [2.45, 2.75) is 6.92 Å². The van der Waals surface area contributed by atoms with Crippen LogP contribution in [0.25, 0.3) is 0 Å². The number of nitriles is 1. The second kappa shape index (κ2) is 2.27. The van der Waals surface area contributed by atoms with E-state index in [4.69, 9.17) is 5.26 Å². The first kappa shape index (κ1) is 5.77. The molecule has 43 valence electrons. The first-order valence-corrected chi connectivity index (χ1v) is 2.58. The number of rotatable bonds is 0. The van der Waals surface area contributed by atoms with Gasteiger partial charge in [-0.15, -0.1) is 0 Å². The summed E-state index contributed by atoms with van der Waals surface area (Å²) in [7, 11) is 0. The van der Waals surface area contributed by atoms with Crippen molar-refractivity contribution in [2.75, 3.05) is 0 Å². The van der Waals surface area contributed by atoms with Crippen LogP contribution in [0, 0.1) is 24.5 Å². The number of nitrogens with zero attached hydrogens (tertiary/aromatic N) is 2. The van der Waals surface area contributed by atoms with Crippen molar-refractivity contribution in [1.29, 1.82) is 5.26 Å². The third-order valence-electron chi connectivity index (χ3n) is 1.07. The Balaban J connectivity index is 3.20. The molecule has 0 bridgehead atoms. The second-order valence-electron chi connectivity index (χ2n) is 1.69. The summed E-state index contributed by atoms with van der Waals surface area (Å²) in [6.07, 6.45) is 2.63. The molecule has 9 heavy (non-hydrogen) atoms. The summed E-state index contributed by atoms with van der Waals surface area (Å²) in [5.74, 6) is 0. The van der Waals surface area contributed by atoms with Crippen LogP contribution < -0.4 is 0 Å². The SMILES string of the molecule is Cc1n[c]ccc1C#N. The molecule has 0 aromatic carbocycles. The summed E-state index contributed by atoms with van der Waals surface area (Å²) in [6.45, 7) is 1.79. The third-order valence-corrected chi connectivity index (χ3v) is 1.07.